The Balaban J connectivity index is 4.66. The van der Waals surface area contributed by atoms with Crippen LogP contribution < -0.4 is 5.73 Å². The number of carbonyl (C=O) groups excluding carboxylic acids is 2. The number of carboxylic acid groups (broad SMARTS) is 1. The largest absolute Gasteiger partial charge is 0.480 e. The summed E-state index contributed by atoms with van der Waals surface area (Å²) in [5.74, 6) is -2.63. The van der Waals surface area contributed by atoms with Crippen LogP contribution >= 0.6 is 7.82 Å². The summed E-state index contributed by atoms with van der Waals surface area (Å²) in [5, 5.41) is 28.9. The predicted molar refractivity (Wildman–Crippen MR) is 247 cm³/mol. The van der Waals surface area contributed by atoms with Crippen LogP contribution in [0.1, 0.15) is 129 Å². The number of aliphatic hydroxyl groups is 2. The molecule has 0 saturated heterocycles. The van der Waals surface area contributed by atoms with Crippen molar-refractivity contribution >= 4 is 25.7 Å². The molecule has 0 aromatic carbocycles. The van der Waals surface area contributed by atoms with Crippen LogP contribution in [-0.4, -0.2) is 82.3 Å². The lowest BCUT2D eigenvalue weighted by Crippen LogP contribution is -2.34. The summed E-state index contributed by atoms with van der Waals surface area (Å²) < 4.78 is 32.5. The van der Waals surface area contributed by atoms with Crippen molar-refractivity contribution in [3.05, 3.63) is 109 Å². The third-order valence-corrected chi connectivity index (χ3v) is 9.63. The van der Waals surface area contributed by atoms with E-state index in [0.29, 0.717) is 32.1 Å². The molecule has 0 heterocycles. The molecular weight excluding hydrogens is 813 g/mol. The average Bonchev–Trinajstić information content (AvgIpc) is 3.24. The Bertz CT molecular complexity index is 1500. The van der Waals surface area contributed by atoms with Gasteiger partial charge in [-0.3, -0.25) is 23.4 Å². The average molecular weight is 890 g/mol. The number of carbonyl (C=O) groups is 3. The molecule has 0 aliphatic heterocycles. The fourth-order valence-electron chi connectivity index (χ4n) is 5.16. The number of allylic oxidation sites excluding steroid dienone is 14. The van der Waals surface area contributed by atoms with Crippen LogP contribution in [0.15, 0.2) is 109 Å². The maximum absolute atomic E-state index is 12.6. The summed E-state index contributed by atoms with van der Waals surface area (Å²) in [4.78, 5) is 46.0. The monoisotopic (exact) mass is 890 g/mol. The lowest BCUT2D eigenvalue weighted by Gasteiger charge is -2.20. The topological polar surface area (TPSA) is 212 Å². The number of hydrogen-bond acceptors (Lipinski definition) is 11. The van der Waals surface area contributed by atoms with E-state index >= 15 is 0 Å². The number of esters is 2. The Labute approximate surface area is 371 Å². The van der Waals surface area contributed by atoms with Crippen molar-refractivity contribution in [3.8, 4) is 0 Å². The van der Waals surface area contributed by atoms with E-state index in [1.165, 1.54) is 19.3 Å². The van der Waals surface area contributed by atoms with Crippen molar-refractivity contribution in [1.29, 1.82) is 0 Å². The van der Waals surface area contributed by atoms with Gasteiger partial charge in [0.25, 0.3) is 0 Å². The van der Waals surface area contributed by atoms with E-state index in [4.69, 9.17) is 24.8 Å². The van der Waals surface area contributed by atoms with Crippen molar-refractivity contribution in [1.82, 2.24) is 0 Å². The van der Waals surface area contributed by atoms with Gasteiger partial charge in [-0.2, -0.15) is 0 Å². The van der Waals surface area contributed by atoms with Crippen LogP contribution in [0.2, 0.25) is 0 Å². The summed E-state index contributed by atoms with van der Waals surface area (Å²) in [6.45, 7) is 2.34. The van der Waals surface area contributed by atoms with Crippen LogP contribution in [0.25, 0.3) is 0 Å². The fraction of sp³-hybridized carbons (Fsp3) is 0.562. The van der Waals surface area contributed by atoms with Gasteiger partial charge in [0.1, 0.15) is 12.6 Å². The standard InChI is InChI=1S/C48H76NO12P/c1-3-5-7-8-9-10-11-12-13-14-15-16-17-18-22-25-31-38-47(53)61-44(40-59-62(56,57)60-41-45(49)48(54)55)39-58-46(52)37-32-26-30-36-43(51)35-29-24-21-19-20-23-28-34-42(50)33-27-6-4-2/h6,9-10,12-13,15-16,20-21,23-24,27-30,34-36,42-45,50-51H,3-5,7-8,11,14,17-19,22,25-26,31-33,37-41,49H2,1-2H3,(H,54,55)(H,56,57)/b10-9-,13-12-,16-15-,23-20-,24-21-,27-6-,34-28+,35-29+,36-30-/t42-,43-,44-,45+/m1/s1. The minimum atomic E-state index is -4.78. The quantitative estimate of drug-likeness (QED) is 0.0128. The van der Waals surface area contributed by atoms with E-state index in [-0.39, 0.29) is 12.8 Å². The van der Waals surface area contributed by atoms with Gasteiger partial charge in [0, 0.05) is 12.8 Å². The molecule has 0 rings (SSSR count). The molecule has 14 heteroatoms. The molecular formula is C48H76NO12P. The Morgan fingerprint density at radius 3 is 1.85 bits per heavy atom. The molecule has 13 nitrogen and oxygen atoms in total. The second-order valence-electron chi connectivity index (χ2n) is 14.5. The van der Waals surface area contributed by atoms with Crippen LogP contribution in [0.5, 0.6) is 0 Å². The Morgan fingerprint density at radius 2 is 1.19 bits per heavy atom. The highest BCUT2D eigenvalue weighted by molar-refractivity contribution is 7.47. The normalized spacial score (nSPS) is 15.7. The van der Waals surface area contributed by atoms with Crippen molar-refractivity contribution in [2.75, 3.05) is 19.8 Å². The summed E-state index contributed by atoms with van der Waals surface area (Å²) >= 11 is 0. The van der Waals surface area contributed by atoms with Gasteiger partial charge in [0.2, 0.25) is 0 Å². The maximum atomic E-state index is 12.6. The van der Waals surface area contributed by atoms with E-state index in [1.54, 1.807) is 30.4 Å². The first-order chi connectivity index (χ1) is 29.9. The van der Waals surface area contributed by atoms with Crippen LogP contribution in [-0.2, 0) is 37.5 Å². The molecule has 0 aliphatic rings. The molecule has 6 N–H and O–H groups in total. The third-order valence-electron chi connectivity index (χ3n) is 8.68. The summed E-state index contributed by atoms with van der Waals surface area (Å²) in [6.07, 6.45) is 46.5. The van der Waals surface area contributed by atoms with Crippen molar-refractivity contribution < 1.29 is 57.7 Å². The molecule has 5 atom stereocenters. The van der Waals surface area contributed by atoms with Crippen molar-refractivity contribution in [3.63, 3.8) is 0 Å². The van der Waals surface area contributed by atoms with Gasteiger partial charge in [-0.1, -0.05) is 149 Å². The second kappa shape index (κ2) is 41.1. The van der Waals surface area contributed by atoms with Gasteiger partial charge in [-0.05, 0) is 77.0 Å². The molecule has 1 unspecified atom stereocenters. The molecule has 0 aromatic heterocycles. The molecule has 0 amide bonds. The molecule has 0 aliphatic carbocycles. The van der Waals surface area contributed by atoms with Crippen molar-refractivity contribution in [2.45, 2.75) is 154 Å². The highest BCUT2D eigenvalue weighted by Gasteiger charge is 2.28. The minimum absolute atomic E-state index is 0.0233. The number of aliphatic carboxylic acids is 1. The molecule has 0 fully saturated rings. The number of nitrogens with two attached hydrogens (primary N) is 1. The predicted octanol–water partition coefficient (Wildman–Crippen LogP) is 9.78. The van der Waals surface area contributed by atoms with Gasteiger partial charge in [0.05, 0.1) is 25.4 Å². The number of phosphoric ester groups is 1. The zero-order chi connectivity index (χ0) is 45.9. The first-order valence-electron chi connectivity index (χ1n) is 22.1. The van der Waals surface area contributed by atoms with E-state index in [2.05, 4.69) is 47.9 Å². The number of unbranched alkanes of at least 4 members (excludes halogenated alkanes) is 8. The van der Waals surface area contributed by atoms with Crippen LogP contribution in [0.3, 0.4) is 0 Å². The molecule has 62 heavy (non-hydrogen) atoms. The number of rotatable bonds is 39. The van der Waals surface area contributed by atoms with E-state index < -0.39 is 69.9 Å². The fourth-order valence-corrected chi connectivity index (χ4v) is 5.94. The molecule has 0 radical (unpaired) electrons. The van der Waals surface area contributed by atoms with E-state index in [9.17, 15) is 34.1 Å². The second-order valence-corrected chi connectivity index (χ2v) is 15.9. The Hall–Kier alpha value is -3.94. The van der Waals surface area contributed by atoms with E-state index in [1.807, 2.05) is 49.5 Å². The SMILES string of the molecule is CC/C=C\C[C@@H](O)/C=C/C=C\C/C=C\C=C\[C@@H](O)/C=C\CCCC(=O)OC[C@H](COP(=O)(O)OC[C@H](N)C(=O)O)OC(=O)CCCCCC/C=C\C/C=C\C/C=C\CCCCC. The lowest BCUT2D eigenvalue weighted by molar-refractivity contribution is -0.161. The molecule has 0 saturated carbocycles. The number of phosphoric acid groups is 1. The van der Waals surface area contributed by atoms with Gasteiger partial charge < -0.3 is 35.4 Å². The lowest BCUT2D eigenvalue weighted by atomic mass is 10.1. The number of ether oxygens (including phenoxy) is 2. The minimum Gasteiger partial charge on any atom is -0.480 e. The van der Waals surface area contributed by atoms with Crippen LogP contribution in [0.4, 0.5) is 0 Å². The Kier molecular flexibility index (Phi) is 38.5. The first-order valence-corrected chi connectivity index (χ1v) is 23.6. The third kappa shape index (κ3) is 40.2. The van der Waals surface area contributed by atoms with Gasteiger partial charge >= 0.3 is 25.7 Å². The number of hydrogen-bond donors (Lipinski definition) is 5. The highest BCUT2D eigenvalue weighted by Crippen LogP contribution is 2.43. The zero-order valence-electron chi connectivity index (χ0n) is 37.1. The van der Waals surface area contributed by atoms with E-state index in [0.717, 1.165) is 51.4 Å². The maximum Gasteiger partial charge on any atom is 0.472 e. The number of aliphatic hydroxyl groups excluding tert-OH is 2. The molecule has 350 valence electrons. The van der Waals surface area contributed by atoms with Crippen LogP contribution in [0, 0.1) is 0 Å². The summed E-state index contributed by atoms with van der Waals surface area (Å²) in [6, 6.07) is -1.56. The summed E-state index contributed by atoms with van der Waals surface area (Å²) in [5.41, 5.74) is 5.32. The highest BCUT2D eigenvalue weighted by atomic mass is 31.2. The molecule has 0 spiro atoms. The molecule has 0 aromatic rings. The molecule has 0 bridgehead atoms. The summed E-state index contributed by atoms with van der Waals surface area (Å²) in [7, 11) is -4.78. The zero-order valence-corrected chi connectivity index (χ0v) is 38.0. The Morgan fingerprint density at radius 1 is 0.613 bits per heavy atom. The van der Waals surface area contributed by atoms with Crippen molar-refractivity contribution in [2.24, 2.45) is 5.73 Å². The smallest absolute Gasteiger partial charge is 0.472 e. The first kappa shape index (κ1) is 58.1. The van der Waals surface area contributed by atoms with Gasteiger partial charge in [-0.25, -0.2) is 4.57 Å². The van der Waals surface area contributed by atoms with Gasteiger partial charge in [0.15, 0.2) is 6.10 Å². The number of carboxylic acids is 1. The van der Waals surface area contributed by atoms with Gasteiger partial charge in [-0.15, -0.1) is 0 Å².